The van der Waals surface area contributed by atoms with Crippen molar-refractivity contribution in [1.82, 2.24) is 5.32 Å². The van der Waals surface area contributed by atoms with Gasteiger partial charge in [-0.25, -0.2) is 8.42 Å². The van der Waals surface area contributed by atoms with E-state index in [1.165, 1.54) is 11.4 Å². The van der Waals surface area contributed by atoms with Crippen molar-refractivity contribution in [1.29, 1.82) is 0 Å². The third-order valence-electron chi connectivity index (χ3n) is 4.90. The smallest absolute Gasteiger partial charge is 0.252 e. The summed E-state index contributed by atoms with van der Waals surface area (Å²) in [6.07, 6.45) is 1.14. The van der Waals surface area contributed by atoms with Crippen LogP contribution in [0.5, 0.6) is 0 Å². The maximum Gasteiger partial charge on any atom is 0.252 e. The molecule has 0 radical (unpaired) electrons. The first-order valence-corrected chi connectivity index (χ1v) is 11.1. The second-order valence-electron chi connectivity index (χ2n) is 6.95. The number of aryl methyl sites for hydroxylation is 1. The number of anilines is 1. The highest BCUT2D eigenvalue weighted by Gasteiger charge is 2.20. The van der Waals surface area contributed by atoms with E-state index in [2.05, 4.69) is 5.32 Å². The minimum Gasteiger partial charge on any atom is -0.341 e. The predicted molar refractivity (Wildman–Crippen MR) is 117 cm³/mol. The first kappa shape index (κ1) is 20.6. The molecule has 6 heteroatoms. The van der Waals surface area contributed by atoms with E-state index >= 15 is 0 Å². The molecule has 3 aromatic carbocycles. The molecule has 0 fully saturated rings. The lowest BCUT2D eigenvalue weighted by Crippen LogP contribution is -2.30. The molecule has 0 aromatic heterocycles. The molecule has 0 saturated heterocycles. The fourth-order valence-electron chi connectivity index (χ4n) is 3.13. The molecule has 0 saturated carbocycles. The van der Waals surface area contributed by atoms with Gasteiger partial charge in [-0.15, -0.1) is 0 Å². The average Bonchev–Trinajstić information content (AvgIpc) is 2.72. The van der Waals surface area contributed by atoms with Gasteiger partial charge in [0.25, 0.3) is 5.91 Å². The van der Waals surface area contributed by atoms with Crippen LogP contribution in [-0.2, 0) is 10.0 Å². The van der Waals surface area contributed by atoms with Gasteiger partial charge in [-0.1, -0.05) is 54.6 Å². The first-order chi connectivity index (χ1) is 13.8. The van der Waals surface area contributed by atoms with E-state index in [1.807, 2.05) is 61.5 Å². The minimum absolute atomic E-state index is 0.226. The van der Waals surface area contributed by atoms with Crippen LogP contribution >= 0.6 is 0 Å². The van der Waals surface area contributed by atoms with Gasteiger partial charge in [0.15, 0.2) is 0 Å². The molecule has 1 N–H and O–H groups in total. The molecule has 150 valence electrons. The highest BCUT2D eigenvalue weighted by molar-refractivity contribution is 7.92. The van der Waals surface area contributed by atoms with Crippen LogP contribution in [-0.4, -0.2) is 27.6 Å². The van der Waals surface area contributed by atoms with E-state index in [4.69, 9.17) is 0 Å². The van der Waals surface area contributed by atoms with Gasteiger partial charge < -0.3 is 5.32 Å². The lowest BCUT2D eigenvalue weighted by Gasteiger charge is -2.22. The Hall–Kier alpha value is -3.12. The topological polar surface area (TPSA) is 66.5 Å². The maximum atomic E-state index is 12.9. The van der Waals surface area contributed by atoms with Gasteiger partial charge >= 0.3 is 0 Å². The number of nitrogens with zero attached hydrogens (tertiary/aromatic N) is 1. The monoisotopic (exact) mass is 408 g/mol. The van der Waals surface area contributed by atoms with Crippen LogP contribution < -0.4 is 9.62 Å². The number of hydrogen-bond acceptors (Lipinski definition) is 3. The van der Waals surface area contributed by atoms with Crippen LogP contribution in [0.2, 0.25) is 0 Å². The van der Waals surface area contributed by atoms with Crippen molar-refractivity contribution in [2.75, 3.05) is 17.6 Å². The maximum absolute atomic E-state index is 12.9. The molecule has 3 rings (SSSR count). The Morgan fingerprint density at radius 2 is 1.48 bits per heavy atom. The Kier molecular flexibility index (Phi) is 6.03. The highest BCUT2D eigenvalue weighted by atomic mass is 32.2. The summed E-state index contributed by atoms with van der Waals surface area (Å²) in [5, 5.41) is 3.11. The van der Waals surface area contributed by atoms with Crippen molar-refractivity contribution in [3.05, 3.63) is 101 Å². The van der Waals surface area contributed by atoms with Gasteiger partial charge in [0, 0.05) is 12.6 Å². The lowest BCUT2D eigenvalue weighted by molar-refractivity contribution is 0.0943. The molecule has 0 unspecified atom stereocenters. The summed E-state index contributed by atoms with van der Waals surface area (Å²) in [5.41, 5.74) is 4.07. The molecule has 0 aliphatic heterocycles. The van der Waals surface area contributed by atoms with E-state index in [9.17, 15) is 13.2 Å². The summed E-state index contributed by atoms with van der Waals surface area (Å²) in [5.74, 6) is -0.226. The Morgan fingerprint density at radius 3 is 2.07 bits per heavy atom. The van der Waals surface area contributed by atoms with Gasteiger partial charge in [0.05, 0.1) is 18.0 Å². The van der Waals surface area contributed by atoms with E-state index in [0.29, 0.717) is 11.3 Å². The number of benzene rings is 3. The third kappa shape index (κ3) is 4.84. The lowest BCUT2D eigenvalue weighted by atomic mass is 9.94. The molecule has 3 aromatic rings. The number of carbonyl (C=O) groups excluding carboxylic acids is 1. The largest absolute Gasteiger partial charge is 0.341 e. The molecule has 0 heterocycles. The van der Waals surface area contributed by atoms with E-state index in [-0.39, 0.29) is 11.9 Å². The second kappa shape index (κ2) is 8.49. The van der Waals surface area contributed by atoms with Crippen LogP contribution in [0, 0.1) is 6.92 Å². The van der Waals surface area contributed by atoms with Crippen LogP contribution in [0.3, 0.4) is 0 Å². The second-order valence-corrected chi connectivity index (χ2v) is 8.96. The van der Waals surface area contributed by atoms with Crippen molar-refractivity contribution in [2.45, 2.75) is 13.0 Å². The van der Waals surface area contributed by atoms with E-state index < -0.39 is 10.0 Å². The van der Waals surface area contributed by atoms with E-state index in [0.717, 1.165) is 22.9 Å². The number of carbonyl (C=O) groups is 1. The predicted octanol–water partition coefficient (Wildman–Crippen LogP) is 3.91. The van der Waals surface area contributed by atoms with Crippen molar-refractivity contribution in [3.63, 3.8) is 0 Å². The van der Waals surface area contributed by atoms with Gasteiger partial charge in [-0.2, -0.15) is 0 Å². The zero-order chi connectivity index (χ0) is 21.0. The number of hydrogen-bond donors (Lipinski definition) is 1. The van der Waals surface area contributed by atoms with Crippen LogP contribution in [0.1, 0.15) is 33.1 Å². The number of rotatable bonds is 6. The number of sulfonamides is 1. The van der Waals surface area contributed by atoms with Crippen molar-refractivity contribution >= 4 is 21.6 Å². The van der Waals surface area contributed by atoms with Crippen molar-refractivity contribution in [3.8, 4) is 0 Å². The third-order valence-corrected chi connectivity index (χ3v) is 6.10. The van der Waals surface area contributed by atoms with Gasteiger partial charge in [0.2, 0.25) is 10.0 Å². The summed E-state index contributed by atoms with van der Waals surface area (Å²) in [7, 11) is -1.87. The summed E-state index contributed by atoms with van der Waals surface area (Å²) < 4.78 is 24.6. The molecule has 0 aliphatic carbocycles. The first-order valence-electron chi connectivity index (χ1n) is 9.22. The Balaban J connectivity index is 1.89. The standard InChI is InChI=1S/C23H24N2O3S/c1-17-9-7-8-12-21(17)22(18-10-5-4-6-11-18)24-23(26)19-13-15-20(16-14-19)25(2)29(3,27)28/h4-16,22H,1-3H3,(H,24,26)/t22-/m0/s1. The average molecular weight is 409 g/mol. The zero-order valence-electron chi connectivity index (χ0n) is 16.7. The summed E-state index contributed by atoms with van der Waals surface area (Å²) in [6, 6.07) is 24.0. The molecule has 0 aliphatic rings. The molecule has 5 nitrogen and oxygen atoms in total. The van der Waals surface area contributed by atoms with Gasteiger partial charge in [0.1, 0.15) is 0 Å². The summed E-state index contributed by atoms with van der Waals surface area (Å²) in [4.78, 5) is 12.9. The molecular weight excluding hydrogens is 384 g/mol. The molecule has 0 bridgehead atoms. The molecule has 1 atom stereocenters. The van der Waals surface area contributed by atoms with Crippen molar-refractivity contribution in [2.24, 2.45) is 0 Å². The molecular formula is C23H24N2O3S. The Morgan fingerprint density at radius 1 is 0.897 bits per heavy atom. The minimum atomic E-state index is -3.35. The molecule has 0 spiro atoms. The van der Waals surface area contributed by atoms with E-state index in [1.54, 1.807) is 24.3 Å². The normalized spacial score (nSPS) is 12.2. The Bertz CT molecular complexity index is 1090. The molecule has 1 amide bonds. The SMILES string of the molecule is Cc1ccccc1[C@@H](NC(=O)c1ccc(N(C)S(C)(=O)=O)cc1)c1ccccc1. The number of amides is 1. The highest BCUT2D eigenvalue weighted by Crippen LogP contribution is 2.25. The Labute approximate surface area is 172 Å². The van der Waals surface area contributed by atoms with Gasteiger partial charge in [-0.05, 0) is 47.9 Å². The summed E-state index contributed by atoms with van der Waals surface area (Å²) >= 11 is 0. The fraction of sp³-hybridized carbons (Fsp3) is 0.174. The van der Waals surface area contributed by atoms with Crippen molar-refractivity contribution < 1.29 is 13.2 Å². The fourth-order valence-corrected chi connectivity index (χ4v) is 3.63. The summed E-state index contributed by atoms with van der Waals surface area (Å²) in [6.45, 7) is 2.02. The van der Waals surface area contributed by atoms with Crippen LogP contribution in [0.4, 0.5) is 5.69 Å². The quantitative estimate of drug-likeness (QED) is 0.672. The van der Waals surface area contributed by atoms with Gasteiger partial charge in [-0.3, -0.25) is 9.10 Å². The molecule has 29 heavy (non-hydrogen) atoms. The van der Waals surface area contributed by atoms with Crippen LogP contribution in [0.25, 0.3) is 0 Å². The number of nitrogens with one attached hydrogen (secondary N) is 1. The zero-order valence-corrected chi connectivity index (χ0v) is 17.5. The van der Waals surface area contributed by atoms with Crippen LogP contribution in [0.15, 0.2) is 78.9 Å².